The summed E-state index contributed by atoms with van der Waals surface area (Å²) in [6.45, 7) is 37.1. The molecule has 27 aliphatic carbocycles. The van der Waals surface area contributed by atoms with Crippen LogP contribution in [-0.2, 0) is 37.9 Å². The van der Waals surface area contributed by atoms with E-state index >= 15 is 0 Å². The second kappa shape index (κ2) is 40.6. The first-order valence-corrected chi connectivity index (χ1v) is 50.7. The van der Waals surface area contributed by atoms with Crippen molar-refractivity contribution in [2.24, 2.45) is 171 Å². The molecule has 27 aliphatic rings. The van der Waals surface area contributed by atoms with Crippen LogP contribution in [-0.4, -0.2) is 101 Å². The van der Waals surface area contributed by atoms with Crippen molar-refractivity contribution >= 4 is 0 Å². The third-order valence-electron chi connectivity index (χ3n) is 35.9. The predicted molar refractivity (Wildman–Crippen MR) is 459 cm³/mol. The molecule has 0 saturated heterocycles. The maximum Gasteiger partial charge on any atom is 0.0694 e. The van der Waals surface area contributed by atoms with Crippen molar-refractivity contribution < 1.29 is 37.9 Å². The zero-order chi connectivity index (χ0) is 77.4. The molecule has 640 valence electrons. The van der Waals surface area contributed by atoms with E-state index in [0.29, 0.717) is 47.1 Å². The summed E-state index contributed by atoms with van der Waals surface area (Å²) >= 11 is 0. The third kappa shape index (κ3) is 22.9. The average Bonchev–Trinajstić information content (AvgIpc) is 0.776. The van der Waals surface area contributed by atoms with Crippen LogP contribution in [0.25, 0.3) is 0 Å². The molecule has 8 nitrogen and oxygen atoms in total. The highest BCUT2D eigenvalue weighted by atomic mass is 16.5. The second-order valence-electron chi connectivity index (χ2n) is 45.7. The van der Waals surface area contributed by atoms with Gasteiger partial charge in [0.1, 0.15) is 0 Å². The molecule has 5 atom stereocenters. The topological polar surface area (TPSA) is 73.8 Å². The second-order valence-corrected chi connectivity index (χ2v) is 45.7. The molecular weight excluding hydrogens is 1370 g/mol. The molecule has 27 rings (SSSR count). The monoisotopic (exact) mass is 1550 g/mol. The van der Waals surface area contributed by atoms with E-state index in [9.17, 15) is 0 Å². The van der Waals surface area contributed by atoms with Crippen molar-refractivity contribution in [1.82, 2.24) is 0 Å². The standard InChI is InChI=1S/C14H24O.C14H26O.3C13H22O.2C12H20O.C12H24O/c1-9(2)15-8-14-12-4-10-3-11(6-12)7-13(14)5-10;1-2-15-14-10-6-9-13(11-14)12-7-4-3-5-8-12;1-9(2)14-13-6-10-3-11(7-13)5-12(4-10)8-13;1-2-14-9-13-6-10-3-11(7-13)5-12(4-10)8-13;1-2-14-8-13-11-4-9-3-10(6-11)7-12(13)5-9;1-2-13-12-6-9-3-10(7-12)5-11(4-9)8-12;1-2-13-12-10-4-8-3-9(6-10)7-11(12)5-8;1-5-13-12-8-10(4)6-7-11(12)9(2)3/h9-14H,3-8H2,1-2H3;12-14H,2-11H2,1H3;9-12H,3-8H2,1-2H3;10-12H,2-9H2,1H3;9-13H,2-8H2,1H3;9-11H,2-8H2,1H3;8-12H,2-7H2,1H3;9-12H,5-8H2,1-4H3. The van der Waals surface area contributed by atoms with Crippen molar-refractivity contribution in [3.63, 3.8) is 0 Å². The van der Waals surface area contributed by atoms with Crippen LogP contribution in [0.15, 0.2) is 0 Å². The van der Waals surface area contributed by atoms with Gasteiger partial charge in [0.25, 0.3) is 0 Å². The van der Waals surface area contributed by atoms with Crippen LogP contribution in [0.5, 0.6) is 0 Å². The maximum atomic E-state index is 6.25. The summed E-state index contributed by atoms with van der Waals surface area (Å²) in [4.78, 5) is 0. The van der Waals surface area contributed by atoms with Gasteiger partial charge in [0.15, 0.2) is 0 Å². The third-order valence-corrected chi connectivity index (χ3v) is 35.9. The van der Waals surface area contributed by atoms with Crippen LogP contribution in [0.3, 0.4) is 0 Å². The minimum atomic E-state index is 0.322. The van der Waals surface area contributed by atoms with E-state index in [1.807, 2.05) is 0 Å². The van der Waals surface area contributed by atoms with Crippen molar-refractivity contribution in [2.75, 3.05) is 59.5 Å². The molecule has 5 unspecified atom stereocenters. The van der Waals surface area contributed by atoms with Crippen LogP contribution >= 0.6 is 0 Å². The molecule has 24 bridgehead atoms. The first-order chi connectivity index (χ1) is 53.7. The van der Waals surface area contributed by atoms with Crippen LogP contribution < -0.4 is 0 Å². The van der Waals surface area contributed by atoms with E-state index in [4.69, 9.17) is 37.9 Å². The van der Waals surface area contributed by atoms with Gasteiger partial charge in [0.05, 0.1) is 54.9 Å². The summed E-state index contributed by atoms with van der Waals surface area (Å²) in [5.41, 5.74) is 1.30. The Morgan fingerprint density at radius 2 is 0.712 bits per heavy atom. The molecule has 0 heterocycles. The molecule has 0 aromatic carbocycles. The normalized spacial score (nSPS) is 46.5. The van der Waals surface area contributed by atoms with Crippen LogP contribution in [0.2, 0.25) is 0 Å². The Balaban J connectivity index is 0.000000106. The summed E-state index contributed by atoms with van der Waals surface area (Å²) in [5.74, 6) is 28.3. The SMILES string of the molecule is CC(C)OC12CC3CC(CC(C3)C1)C2.CC(C)OCC1C2CC3CC(C2)CC1C3.CCOC12CC3CC(CC(C3)C1)C2.CCOC1C2CC3CC(C2)CC1C3.CCOC1CC(C)CCC1C(C)C.CCOC1CCCC(C2CCCCC2)C1.CCOCC12CC3CC(CC(C3)C1)C2.CCOCC1C2CC3CC(C2)CC1C3. The Hall–Kier alpha value is -0.320. The lowest BCUT2D eigenvalue weighted by atomic mass is 9.50. The van der Waals surface area contributed by atoms with Gasteiger partial charge in [-0.3, -0.25) is 0 Å². The molecule has 0 aromatic heterocycles. The van der Waals surface area contributed by atoms with E-state index in [1.54, 1.807) is 38.5 Å². The quantitative estimate of drug-likeness (QED) is 0.113. The van der Waals surface area contributed by atoms with Crippen molar-refractivity contribution in [1.29, 1.82) is 0 Å². The minimum absolute atomic E-state index is 0.322. The van der Waals surface area contributed by atoms with E-state index in [2.05, 4.69) is 90.0 Å². The van der Waals surface area contributed by atoms with Crippen molar-refractivity contribution in [3.8, 4) is 0 Å². The lowest BCUT2D eigenvalue weighted by Crippen LogP contribution is -2.52. The zero-order valence-corrected chi connectivity index (χ0v) is 75.0. The molecule has 111 heavy (non-hydrogen) atoms. The van der Waals surface area contributed by atoms with Gasteiger partial charge in [-0.05, 0) is 484 Å². The van der Waals surface area contributed by atoms with Gasteiger partial charge in [0, 0.05) is 46.2 Å². The fraction of sp³-hybridized carbons (Fsp3) is 1.00. The summed E-state index contributed by atoms with van der Waals surface area (Å²) in [7, 11) is 0. The molecule has 0 amide bonds. The Morgan fingerprint density at radius 3 is 1.12 bits per heavy atom. The van der Waals surface area contributed by atoms with Crippen LogP contribution in [0.1, 0.15) is 379 Å². The lowest BCUT2D eigenvalue weighted by molar-refractivity contribution is -0.180. The van der Waals surface area contributed by atoms with E-state index in [-0.39, 0.29) is 0 Å². The highest BCUT2D eigenvalue weighted by Gasteiger charge is 2.56. The van der Waals surface area contributed by atoms with Crippen molar-refractivity contribution in [3.05, 3.63) is 0 Å². The molecule has 0 radical (unpaired) electrons. The molecular formula is C103H180O8. The van der Waals surface area contributed by atoms with Gasteiger partial charge >= 0.3 is 0 Å². The lowest BCUT2D eigenvalue weighted by Gasteiger charge is -2.56. The molecule has 0 aromatic rings. The maximum absolute atomic E-state index is 6.25. The fourth-order valence-corrected chi connectivity index (χ4v) is 33.6. The molecule has 8 heteroatoms. The Morgan fingerprint density at radius 1 is 0.306 bits per heavy atom. The van der Waals surface area contributed by atoms with Crippen LogP contribution in [0, 0.1) is 171 Å². The molecule has 27 fully saturated rings. The van der Waals surface area contributed by atoms with Gasteiger partial charge in [-0.15, -0.1) is 0 Å². The predicted octanol–water partition coefficient (Wildman–Crippen LogP) is 26.7. The Kier molecular flexibility index (Phi) is 31.8. The largest absolute Gasteiger partial charge is 0.381 e. The number of rotatable bonds is 21. The van der Waals surface area contributed by atoms with Gasteiger partial charge in [0.2, 0.25) is 0 Å². The molecule has 0 N–H and O–H groups in total. The first kappa shape index (κ1) is 87.0. The van der Waals surface area contributed by atoms with Gasteiger partial charge in [-0.25, -0.2) is 0 Å². The first-order valence-electron chi connectivity index (χ1n) is 50.7. The number of ether oxygens (including phenoxy) is 8. The zero-order valence-electron chi connectivity index (χ0n) is 75.0. The van der Waals surface area contributed by atoms with Gasteiger partial charge in [-0.2, -0.15) is 0 Å². The average molecular weight is 1550 g/mol. The summed E-state index contributed by atoms with van der Waals surface area (Å²) in [5, 5.41) is 0. The highest BCUT2D eigenvalue weighted by Crippen LogP contribution is 2.63. The molecule has 0 spiro atoms. The Bertz CT molecular complexity index is 2490. The van der Waals surface area contributed by atoms with Crippen LogP contribution in [0.4, 0.5) is 0 Å². The number of hydrogen-bond acceptors (Lipinski definition) is 8. The summed E-state index contributed by atoms with van der Waals surface area (Å²) in [6, 6.07) is 0. The number of hydrogen-bond donors (Lipinski definition) is 0. The summed E-state index contributed by atoms with van der Waals surface area (Å²) < 4.78 is 47.1. The Labute approximate surface area is 685 Å². The van der Waals surface area contributed by atoms with Gasteiger partial charge in [-0.1, -0.05) is 65.7 Å². The molecule has 27 saturated carbocycles. The minimum Gasteiger partial charge on any atom is -0.381 e. The van der Waals surface area contributed by atoms with E-state index < -0.39 is 0 Å². The highest BCUT2D eigenvalue weighted by molar-refractivity contribution is 5.07. The summed E-state index contributed by atoms with van der Waals surface area (Å²) in [6.07, 6.45) is 69.0. The van der Waals surface area contributed by atoms with Crippen molar-refractivity contribution in [2.45, 2.75) is 421 Å². The fourth-order valence-electron chi connectivity index (χ4n) is 33.6. The smallest absolute Gasteiger partial charge is 0.0694 e. The molecule has 0 aliphatic heterocycles. The van der Waals surface area contributed by atoms with E-state index in [0.717, 1.165) is 225 Å². The van der Waals surface area contributed by atoms with E-state index in [1.165, 1.54) is 250 Å². The van der Waals surface area contributed by atoms with Gasteiger partial charge < -0.3 is 37.9 Å².